The number of nitrogen functional groups attached to an aromatic ring is 1. The lowest BCUT2D eigenvalue weighted by atomic mass is 10.3. The van der Waals surface area contributed by atoms with Crippen LogP contribution in [-0.4, -0.2) is 45.3 Å². The summed E-state index contributed by atoms with van der Waals surface area (Å²) < 4.78 is 34.0. The van der Waals surface area contributed by atoms with Crippen molar-refractivity contribution in [2.45, 2.75) is 5.22 Å². The van der Waals surface area contributed by atoms with Gasteiger partial charge in [-0.25, -0.2) is 8.42 Å². The van der Waals surface area contributed by atoms with E-state index in [1.807, 2.05) is 0 Å². The first-order chi connectivity index (χ1) is 9.92. The van der Waals surface area contributed by atoms with Crippen LogP contribution >= 0.6 is 0 Å². The second kappa shape index (κ2) is 6.10. The maximum Gasteiger partial charge on any atom is 0.316 e. The molecule has 0 aliphatic carbocycles. The van der Waals surface area contributed by atoms with Crippen molar-refractivity contribution in [2.75, 3.05) is 31.7 Å². The number of carbonyl (C=O) groups excluding carboxylic acids is 1. The molecule has 1 aromatic heterocycles. The Morgan fingerprint density at radius 3 is 2.95 bits per heavy atom. The quantitative estimate of drug-likeness (QED) is 0.565. The van der Waals surface area contributed by atoms with Crippen LogP contribution in [0.2, 0.25) is 0 Å². The molecule has 2 rings (SSSR count). The summed E-state index contributed by atoms with van der Waals surface area (Å²) in [6, 6.07) is 4.59. The first-order valence-corrected chi connectivity index (χ1v) is 7.72. The Morgan fingerprint density at radius 2 is 2.24 bits per heavy atom. The minimum absolute atomic E-state index is 0.231. The number of nitrogens with zero attached hydrogens (tertiary/aromatic N) is 1. The fourth-order valence-electron chi connectivity index (χ4n) is 1.63. The molecule has 1 amide bonds. The number of methoxy groups -OCH3 is 1. The van der Waals surface area contributed by atoms with Gasteiger partial charge < -0.3 is 20.2 Å². The van der Waals surface area contributed by atoms with Crippen LogP contribution in [0.5, 0.6) is 0 Å². The third kappa shape index (κ3) is 3.70. The number of nitrogens with two attached hydrogens (primary N) is 1. The number of sulfone groups is 1. The lowest BCUT2D eigenvalue weighted by Crippen LogP contribution is -2.32. The van der Waals surface area contributed by atoms with Gasteiger partial charge in [0.25, 0.3) is 0 Å². The van der Waals surface area contributed by atoms with Crippen LogP contribution < -0.4 is 11.1 Å². The molecule has 114 valence electrons. The van der Waals surface area contributed by atoms with Gasteiger partial charge >= 0.3 is 5.22 Å². The summed E-state index contributed by atoms with van der Waals surface area (Å²) in [7, 11) is -2.46. The third-order valence-corrected chi connectivity index (χ3v) is 3.96. The maximum absolute atomic E-state index is 12.1. The molecule has 1 aromatic carbocycles. The minimum Gasteiger partial charge on any atom is -0.428 e. The number of hydrogen-bond acceptors (Lipinski definition) is 7. The van der Waals surface area contributed by atoms with Crippen molar-refractivity contribution >= 4 is 32.5 Å². The molecule has 0 aliphatic heterocycles. The molecule has 2 aromatic rings. The number of nitrogens with one attached hydrogen (secondary N) is 1. The molecule has 0 atom stereocenters. The van der Waals surface area contributed by atoms with Crippen molar-refractivity contribution in [3.8, 4) is 0 Å². The summed E-state index contributed by atoms with van der Waals surface area (Å²) >= 11 is 0. The number of rotatable bonds is 6. The van der Waals surface area contributed by atoms with E-state index >= 15 is 0 Å². The summed E-state index contributed by atoms with van der Waals surface area (Å²) in [5.74, 6) is -1.38. The monoisotopic (exact) mass is 313 g/mol. The van der Waals surface area contributed by atoms with E-state index in [0.717, 1.165) is 0 Å². The lowest BCUT2D eigenvalue weighted by Gasteiger charge is -2.03. The molecule has 21 heavy (non-hydrogen) atoms. The van der Waals surface area contributed by atoms with Gasteiger partial charge in [-0.2, -0.15) is 4.98 Å². The van der Waals surface area contributed by atoms with Crippen LogP contribution in [-0.2, 0) is 19.4 Å². The van der Waals surface area contributed by atoms with Crippen molar-refractivity contribution in [1.82, 2.24) is 10.3 Å². The van der Waals surface area contributed by atoms with E-state index in [9.17, 15) is 13.2 Å². The molecule has 0 spiro atoms. The van der Waals surface area contributed by atoms with E-state index in [2.05, 4.69) is 10.3 Å². The van der Waals surface area contributed by atoms with Gasteiger partial charge in [-0.1, -0.05) is 0 Å². The Bertz CT molecular complexity index is 753. The SMILES string of the molecule is COCCNC(=O)CS(=O)(=O)c1nc2cc(N)ccc2o1. The van der Waals surface area contributed by atoms with Crippen molar-refractivity contribution in [3.63, 3.8) is 0 Å². The van der Waals surface area contributed by atoms with Gasteiger partial charge in [0.05, 0.1) is 6.61 Å². The van der Waals surface area contributed by atoms with Crippen molar-refractivity contribution in [3.05, 3.63) is 18.2 Å². The predicted molar refractivity (Wildman–Crippen MR) is 75.4 cm³/mol. The van der Waals surface area contributed by atoms with E-state index in [1.165, 1.54) is 19.2 Å². The van der Waals surface area contributed by atoms with E-state index in [1.54, 1.807) is 6.07 Å². The van der Waals surface area contributed by atoms with Crippen LogP contribution in [0.1, 0.15) is 0 Å². The fraction of sp³-hybridized carbons (Fsp3) is 0.333. The maximum atomic E-state index is 12.1. The van der Waals surface area contributed by atoms with Crippen molar-refractivity contribution in [1.29, 1.82) is 0 Å². The summed E-state index contributed by atoms with van der Waals surface area (Å²) in [5, 5.41) is 1.92. The molecule has 3 N–H and O–H groups in total. The standard InChI is InChI=1S/C12H15N3O5S/c1-19-5-4-14-11(16)7-21(17,18)12-15-9-6-8(13)2-3-10(9)20-12/h2-3,6H,4-5,7,13H2,1H3,(H,14,16). The molecule has 0 saturated carbocycles. The molecule has 0 aliphatic rings. The lowest BCUT2D eigenvalue weighted by molar-refractivity contribution is -0.118. The number of fused-ring (bicyclic) bond motifs is 1. The average molecular weight is 313 g/mol. The van der Waals surface area contributed by atoms with E-state index < -0.39 is 26.7 Å². The molecule has 0 unspecified atom stereocenters. The fourth-order valence-corrected chi connectivity index (χ4v) is 2.66. The number of benzene rings is 1. The number of anilines is 1. The smallest absolute Gasteiger partial charge is 0.316 e. The van der Waals surface area contributed by atoms with Crippen LogP contribution in [0.3, 0.4) is 0 Å². The van der Waals surface area contributed by atoms with Gasteiger partial charge in [0.1, 0.15) is 11.3 Å². The van der Waals surface area contributed by atoms with Crippen LogP contribution in [0.15, 0.2) is 27.8 Å². The Hall–Kier alpha value is -2.13. The predicted octanol–water partition coefficient (Wildman–Crippen LogP) is -0.0537. The van der Waals surface area contributed by atoms with E-state index in [-0.39, 0.29) is 6.54 Å². The summed E-state index contributed by atoms with van der Waals surface area (Å²) in [6.07, 6.45) is 0. The molecule has 0 radical (unpaired) electrons. The van der Waals surface area contributed by atoms with Gasteiger partial charge in [0.2, 0.25) is 15.7 Å². The van der Waals surface area contributed by atoms with Gasteiger partial charge in [0.15, 0.2) is 5.58 Å². The third-order valence-electron chi connectivity index (χ3n) is 2.61. The number of oxazole rings is 1. The Balaban J connectivity index is 2.15. The average Bonchev–Trinajstić information content (AvgIpc) is 2.82. The second-order valence-corrected chi connectivity index (χ2v) is 6.18. The molecule has 0 bridgehead atoms. The highest BCUT2D eigenvalue weighted by Crippen LogP contribution is 2.21. The second-order valence-electron chi connectivity index (χ2n) is 4.31. The minimum atomic E-state index is -3.94. The largest absolute Gasteiger partial charge is 0.428 e. The van der Waals surface area contributed by atoms with Gasteiger partial charge in [-0.15, -0.1) is 0 Å². The first kappa shape index (κ1) is 15.3. The van der Waals surface area contributed by atoms with Crippen LogP contribution in [0, 0.1) is 0 Å². The number of carbonyl (C=O) groups is 1. The van der Waals surface area contributed by atoms with Gasteiger partial charge in [0, 0.05) is 19.3 Å². The highest BCUT2D eigenvalue weighted by Gasteiger charge is 2.25. The highest BCUT2D eigenvalue weighted by molar-refractivity contribution is 7.91. The molecule has 8 nitrogen and oxygen atoms in total. The van der Waals surface area contributed by atoms with Gasteiger partial charge in [-0.05, 0) is 18.2 Å². The van der Waals surface area contributed by atoms with E-state index in [4.69, 9.17) is 14.9 Å². The zero-order chi connectivity index (χ0) is 15.5. The van der Waals surface area contributed by atoms with Crippen molar-refractivity contribution < 1.29 is 22.4 Å². The molecule has 9 heteroatoms. The number of hydrogen-bond donors (Lipinski definition) is 2. The number of ether oxygens (including phenoxy) is 1. The molecular weight excluding hydrogens is 298 g/mol. The summed E-state index contributed by atoms with van der Waals surface area (Å²) in [6.45, 7) is 0.531. The Morgan fingerprint density at radius 1 is 1.48 bits per heavy atom. The van der Waals surface area contributed by atoms with Crippen molar-refractivity contribution in [2.24, 2.45) is 0 Å². The Kier molecular flexibility index (Phi) is 4.43. The zero-order valence-corrected chi connectivity index (χ0v) is 12.1. The molecule has 0 saturated heterocycles. The first-order valence-electron chi connectivity index (χ1n) is 6.07. The van der Waals surface area contributed by atoms with Gasteiger partial charge in [-0.3, -0.25) is 4.79 Å². The van der Waals surface area contributed by atoms with E-state index in [0.29, 0.717) is 23.4 Å². The highest BCUT2D eigenvalue weighted by atomic mass is 32.2. The summed E-state index contributed by atoms with van der Waals surface area (Å²) in [5.41, 5.74) is 6.65. The zero-order valence-electron chi connectivity index (χ0n) is 11.3. The molecule has 1 heterocycles. The topological polar surface area (TPSA) is 125 Å². The molecule has 0 fully saturated rings. The van der Waals surface area contributed by atoms with Crippen LogP contribution in [0.25, 0.3) is 11.1 Å². The number of aromatic nitrogens is 1. The summed E-state index contributed by atoms with van der Waals surface area (Å²) in [4.78, 5) is 15.4. The molecular formula is C12H15N3O5S. The normalized spacial score (nSPS) is 11.7. The Labute approximate surface area is 121 Å². The van der Waals surface area contributed by atoms with Crippen LogP contribution in [0.4, 0.5) is 5.69 Å². The number of amides is 1.